The molecule has 0 spiro atoms. The SMILES string of the molecule is O=C(NCc1cc(-c2ccc(C(F)(F)F)cc2)nc(S(=O)(=O)Cc2ccccc2)n1)C1CC(F)CN1S(=O)(=O)c1ccc(F)cc1. The highest BCUT2D eigenvalue weighted by molar-refractivity contribution is 7.90. The number of aromatic nitrogens is 2. The van der Waals surface area contributed by atoms with E-state index in [-0.39, 0.29) is 21.8 Å². The van der Waals surface area contributed by atoms with Crippen LogP contribution in [0.4, 0.5) is 22.0 Å². The van der Waals surface area contributed by atoms with Crippen LogP contribution in [0.15, 0.2) is 95.0 Å². The van der Waals surface area contributed by atoms with Crippen LogP contribution in [0.2, 0.25) is 0 Å². The molecule has 1 fully saturated rings. The number of alkyl halides is 4. The van der Waals surface area contributed by atoms with Gasteiger partial charge in [-0.25, -0.2) is 35.6 Å². The molecular weight excluding hydrogens is 655 g/mol. The first-order chi connectivity index (χ1) is 21.6. The number of benzene rings is 3. The van der Waals surface area contributed by atoms with Gasteiger partial charge in [-0.2, -0.15) is 17.5 Å². The Morgan fingerprint density at radius 2 is 1.57 bits per heavy atom. The van der Waals surface area contributed by atoms with Crippen molar-refractivity contribution < 1.29 is 43.6 Å². The summed E-state index contributed by atoms with van der Waals surface area (Å²) in [6.45, 7) is -1.08. The molecule has 242 valence electrons. The first-order valence-corrected chi connectivity index (χ1v) is 16.7. The van der Waals surface area contributed by atoms with E-state index in [1.807, 2.05) is 0 Å². The van der Waals surface area contributed by atoms with Crippen molar-refractivity contribution in [2.45, 2.75) is 47.2 Å². The molecule has 0 saturated carbocycles. The Morgan fingerprint density at radius 1 is 0.913 bits per heavy atom. The number of sulfone groups is 1. The number of sulfonamides is 1. The molecule has 4 aromatic rings. The van der Waals surface area contributed by atoms with Crippen LogP contribution < -0.4 is 5.32 Å². The Hall–Kier alpha value is -4.28. The van der Waals surface area contributed by atoms with Crippen molar-refractivity contribution in [2.24, 2.45) is 0 Å². The third-order valence-corrected chi connectivity index (χ3v) is 10.5. The van der Waals surface area contributed by atoms with Gasteiger partial charge < -0.3 is 5.32 Å². The van der Waals surface area contributed by atoms with E-state index < -0.39 is 86.0 Å². The van der Waals surface area contributed by atoms with Gasteiger partial charge in [0.15, 0.2) is 0 Å². The Morgan fingerprint density at radius 3 is 2.20 bits per heavy atom. The number of nitrogens with zero attached hydrogens (tertiary/aromatic N) is 3. The predicted molar refractivity (Wildman–Crippen MR) is 155 cm³/mol. The van der Waals surface area contributed by atoms with Crippen LogP contribution in [-0.2, 0) is 43.1 Å². The molecule has 2 unspecified atom stereocenters. The minimum Gasteiger partial charge on any atom is -0.349 e. The number of nitrogens with one attached hydrogen (secondary N) is 1. The molecule has 1 N–H and O–H groups in total. The van der Waals surface area contributed by atoms with Crippen LogP contribution in [-0.4, -0.2) is 55.8 Å². The molecule has 1 aromatic heterocycles. The normalized spacial score (nSPS) is 17.6. The Labute approximate surface area is 261 Å². The number of hydrogen-bond acceptors (Lipinski definition) is 7. The van der Waals surface area contributed by atoms with E-state index in [4.69, 9.17) is 0 Å². The van der Waals surface area contributed by atoms with Crippen molar-refractivity contribution in [3.8, 4) is 11.3 Å². The second-order valence-electron chi connectivity index (χ2n) is 10.4. The van der Waals surface area contributed by atoms with E-state index in [2.05, 4.69) is 15.3 Å². The first kappa shape index (κ1) is 33.1. The molecule has 1 saturated heterocycles. The molecule has 0 radical (unpaired) electrons. The maximum absolute atomic E-state index is 14.5. The second kappa shape index (κ2) is 12.8. The Kier molecular flexibility index (Phi) is 9.24. The molecule has 0 bridgehead atoms. The summed E-state index contributed by atoms with van der Waals surface area (Å²) in [6.07, 6.45) is -6.75. The molecule has 1 amide bonds. The fraction of sp³-hybridized carbons (Fsp3) is 0.233. The fourth-order valence-electron chi connectivity index (χ4n) is 4.84. The zero-order valence-corrected chi connectivity index (χ0v) is 25.3. The Balaban J connectivity index is 1.44. The maximum Gasteiger partial charge on any atom is 0.416 e. The summed E-state index contributed by atoms with van der Waals surface area (Å²) in [5, 5.41) is 1.80. The molecule has 0 aliphatic carbocycles. The first-order valence-electron chi connectivity index (χ1n) is 13.6. The van der Waals surface area contributed by atoms with Gasteiger partial charge >= 0.3 is 6.18 Å². The highest BCUT2D eigenvalue weighted by atomic mass is 32.2. The number of hydrogen-bond donors (Lipinski definition) is 1. The van der Waals surface area contributed by atoms with Crippen LogP contribution in [0, 0.1) is 5.82 Å². The zero-order valence-electron chi connectivity index (χ0n) is 23.7. The third kappa shape index (κ3) is 7.40. The topological polar surface area (TPSA) is 126 Å². The van der Waals surface area contributed by atoms with Gasteiger partial charge in [0, 0.05) is 18.5 Å². The molecule has 2 heterocycles. The van der Waals surface area contributed by atoms with E-state index in [9.17, 15) is 43.6 Å². The van der Waals surface area contributed by atoms with Crippen LogP contribution in [0.1, 0.15) is 23.2 Å². The summed E-state index contributed by atoms with van der Waals surface area (Å²) < 4.78 is 121. The maximum atomic E-state index is 14.5. The molecule has 2 atom stereocenters. The van der Waals surface area contributed by atoms with Crippen molar-refractivity contribution in [2.75, 3.05) is 6.54 Å². The van der Waals surface area contributed by atoms with Gasteiger partial charge in [0.2, 0.25) is 30.9 Å². The average molecular weight is 681 g/mol. The van der Waals surface area contributed by atoms with Crippen molar-refractivity contribution in [1.29, 1.82) is 0 Å². The number of carbonyl (C=O) groups is 1. The number of halogens is 5. The molecule has 5 rings (SSSR count). The van der Waals surface area contributed by atoms with E-state index in [0.717, 1.165) is 48.5 Å². The van der Waals surface area contributed by atoms with Crippen molar-refractivity contribution in [3.63, 3.8) is 0 Å². The third-order valence-electron chi connectivity index (χ3n) is 7.12. The van der Waals surface area contributed by atoms with E-state index in [1.54, 1.807) is 30.3 Å². The molecule has 3 aromatic carbocycles. The summed E-state index contributed by atoms with van der Waals surface area (Å²) in [5.74, 6) is -2.09. The van der Waals surface area contributed by atoms with Gasteiger partial charge in [-0.05, 0) is 48.0 Å². The summed E-state index contributed by atoms with van der Waals surface area (Å²) in [7, 11) is -8.60. The lowest BCUT2D eigenvalue weighted by atomic mass is 10.1. The second-order valence-corrected chi connectivity index (χ2v) is 14.2. The van der Waals surface area contributed by atoms with Crippen LogP contribution in [0.25, 0.3) is 11.3 Å². The number of carbonyl (C=O) groups excluding carboxylic acids is 1. The fourth-order valence-corrected chi connectivity index (χ4v) is 7.72. The quantitative estimate of drug-likeness (QED) is 0.201. The monoisotopic (exact) mass is 680 g/mol. The van der Waals surface area contributed by atoms with Crippen LogP contribution >= 0.6 is 0 Å². The summed E-state index contributed by atoms with van der Waals surface area (Å²) >= 11 is 0. The van der Waals surface area contributed by atoms with Gasteiger partial charge in [-0.15, -0.1) is 0 Å². The lowest BCUT2D eigenvalue weighted by Crippen LogP contribution is -2.45. The highest BCUT2D eigenvalue weighted by Gasteiger charge is 2.44. The van der Waals surface area contributed by atoms with Crippen LogP contribution in [0.3, 0.4) is 0 Å². The largest absolute Gasteiger partial charge is 0.416 e. The smallest absolute Gasteiger partial charge is 0.349 e. The number of rotatable bonds is 9. The lowest BCUT2D eigenvalue weighted by molar-refractivity contribution is -0.137. The summed E-state index contributed by atoms with van der Waals surface area (Å²) in [4.78, 5) is 21.1. The van der Waals surface area contributed by atoms with Gasteiger partial charge in [-0.3, -0.25) is 4.79 Å². The summed E-state index contributed by atoms with van der Waals surface area (Å²) in [6, 6.07) is 15.5. The molecule has 46 heavy (non-hydrogen) atoms. The van der Waals surface area contributed by atoms with Gasteiger partial charge in [0.05, 0.1) is 34.1 Å². The van der Waals surface area contributed by atoms with Crippen LogP contribution in [0.5, 0.6) is 0 Å². The van der Waals surface area contributed by atoms with Crippen molar-refractivity contribution in [1.82, 2.24) is 19.6 Å². The van der Waals surface area contributed by atoms with E-state index in [1.165, 1.54) is 6.07 Å². The molecule has 1 aliphatic rings. The molecular formula is C30H25F5N4O5S2. The number of amides is 1. The minimum absolute atomic E-state index is 0.0511. The minimum atomic E-state index is -4.61. The van der Waals surface area contributed by atoms with Gasteiger partial charge in [0.1, 0.15) is 18.0 Å². The van der Waals surface area contributed by atoms with Crippen molar-refractivity contribution >= 4 is 25.8 Å². The molecule has 1 aliphatic heterocycles. The van der Waals surface area contributed by atoms with Gasteiger partial charge in [0.25, 0.3) is 0 Å². The van der Waals surface area contributed by atoms with E-state index in [0.29, 0.717) is 9.87 Å². The lowest BCUT2D eigenvalue weighted by Gasteiger charge is -2.23. The predicted octanol–water partition coefficient (Wildman–Crippen LogP) is 4.69. The van der Waals surface area contributed by atoms with Gasteiger partial charge in [-0.1, -0.05) is 42.5 Å². The average Bonchev–Trinajstić information content (AvgIpc) is 3.42. The Bertz CT molecular complexity index is 1940. The highest BCUT2D eigenvalue weighted by Crippen LogP contribution is 2.32. The zero-order chi connectivity index (χ0) is 33.3. The van der Waals surface area contributed by atoms with Crippen molar-refractivity contribution in [3.05, 3.63) is 108 Å². The standard InChI is InChI=1S/C30H25F5N4O5S2/c31-22-10-12-25(13-11-22)46(43,44)39-17-23(32)14-27(39)28(40)36-16-24-15-26(20-6-8-21(9-7-20)30(33,34)35)38-29(37-24)45(41,42)18-19-4-2-1-3-5-19/h1-13,15,23,27H,14,16-18H2,(H,36,40). The molecule has 16 heteroatoms. The van der Waals surface area contributed by atoms with E-state index >= 15 is 0 Å². The summed E-state index contributed by atoms with van der Waals surface area (Å²) in [5.41, 5.74) is -0.493. The molecule has 9 nitrogen and oxygen atoms in total.